The molecule has 1 rings (SSSR count). The fraction of sp³-hybridized carbons (Fsp3) is 0.400. The molecule has 4 heteroatoms. The summed E-state index contributed by atoms with van der Waals surface area (Å²) in [5.41, 5.74) is 5.92. The summed E-state index contributed by atoms with van der Waals surface area (Å²) >= 11 is 0. The van der Waals surface area contributed by atoms with Gasteiger partial charge in [-0.25, -0.2) is 4.39 Å². The lowest BCUT2D eigenvalue weighted by atomic mass is 10.1. The molecule has 0 bridgehead atoms. The molecule has 14 heavy (non-hydrogen) atoms. The summed E-state index contributed by atoms with van der Waals surface area (Å²) in [6.07, 6.45) is -0.205. The number of halogens is 1. The van der Waals surface area contributed by atoms with E-state index in [1.165, 1.54) is 25.3 Å². The highest BCUT2D eigenvalue weighted by molar-refractivity contribution is 5.31. The van der Waals surface area contributed by atoms with Crippen LogP contribution in [0.2, 0.25) is 0 Å². The van der Waals surface area contributed by atoms with Crippen LogP contribution in [0.4, 0.5) is 4.39 Å². The van der Waals surface area contributed by atoms with Crippen LogP contribution in [-0.4, -0.2) is 18.8 Å². The minimum absolute atomic E-state index is 0.138. The number of aliphatic hydroxyl groups excluding tert-OH is 1. The fourth-order valence-corrected chi connectivity index (χ4v) is 1.21. The van der Waals surface area contributed by atoms with Crippen LogP contribution < -0.4 is 10.5 Å². The summed E-state index contributed by atoms with van der Waals surface area (Å²) in [4.78, 5) is 0. The second kappa shape index (κ2) is 4.93. The van der Waals surface area contributed by atoms with Gasteiger partial charge in [0.2, 0.25) is 0 Å². The van der Waals surface area contributed by atoms with Crippen molar-refractivity contribution < 1.29 is 14.2 Å². The van der Waals surface area contributed by atoms with Crippen molar-refractivity contribution in [3.63, 3.8) is 0 Å². The van der Waals surface area contributed by atoms with Crippen molar-refractivity contribution in [2.75, 3.05) is 13.7 Å². The van der Waals surface area contributed by atoms with Gasteiger partial charge < -0.3 is 15.6 Å². The zero-order chi connectivity index (χ0) is 10.6. The summed E-state index contributed by atoms with van der Waals surface area (Å²) in [6.45, 7) is 0.390. The van der Waals surface area contributed by atoms with Gasteiger partial charge in [-0.15, -0.1) is 0 Å². The first-order valence-electron chi connectivity index (χ1n) is 4.40. The van der Waals surface area contributed by atoms with E-state index in [-0.39, 0.29) is 5.75 Å². The molecule has 0 amide bonds. The zero-order valence-electron chi connectivity index (χ0n) is 8.03. The van der Waals surface area contributed by atoms with Gasteiger partial charge in [-0.05, 0) is 30.7 Å². The second-order valence-electron chi connectivity index (χ2n) is 2.99. The molecule has 3 nitrogen and oxygen atoms in total. The van der Waals surface area contributed by atoms with Crippen LogP contribution in [0.1, 0.15) is 18.1 Å². The van der Waals surface area contributed by atoms with Crippen LogP contribution >= 0.6 is 0 Å². The highest BCUT2D eigenvalue weighted by Gasteiger charge is 2.09. The number of rotatable bonds is 4. The van der Waals surface area contributed by atoms with E-state index in [0.29, 0.717) is 18.5 Å². The third-order valence-corrected chi connectivity index (χ3v) is 2.00. The minimum Gasteiger partial charge on any atom is -0.494 e. The lowest BCUT2D eigenvalue weighted by Crippen LogP contribution is -2.07. The molecule has 0 saturated heterocycles. The predicted octanol–water partition coefficient (Wildman–Crippen LogP) is 1.22. The lowest BCUT2D eigenvalue weighted by molar-refractivity contribution is 0.169. The molecule has 0 unspecified atom stereocenters. The first kappa shape index (κ1) is 10.9. The molecule has 3 N–H and O–H groups in total. The number of ether oxygens (including phenoxy) is 1. The molecule has 78 valence electrons. The molecule has 1 atom stereocenters. The van der Waals surface area contributed by atoms with E-state index in [9.17, 15) is 9.50 Å². The first-order chi connectivity index (χ1) is 6.69. The van der Waals surface area contributed by atoms with Gasteiger partial charge in [-0.3, -0.25) is 0 Å². The SMILES string of the molecule is COc1cc([C@H](O)CCN)ccc1F. The van der Waals surface area contributed by atoms with E-state index in [4.69, 9.17) is 10.5 Å². The molecule has 0 aliphatic rings. The Morgan fingerprint density at radius 2 is 2.29 bits per heavy atom. The van der Waals surface area contributed by atoms with Crippen LogP contribution in [0.3, 0.4) is 0 Å². The Balaban J connectivity index is 2.88. The molecular weight excluding hydrogens is 185 g/mol. The van der Waals surface area contributed by atoms with E-state index in [1.807, 2.05) is 0 Å². The fourth-order valence-electron chi connectivity index (χ4n) is 1.21. The van der Waals surface area contributed by atoms with Crippen LogP contribution in [0, 0.1) is 5.82 Å². The topological polar surface area (TPSA) is 55.5 Å². The van der Waals surface area contributed by atoms with E-state index in [2.05, 4.69) is 0 Å². The first-order valence-corrected chi connectivity index (χ1v) is 4.40. The molecule has 0 spiro atoms. The maximum absolute atomic E-state index is 13.0. The largest absolute Gasteiger partial charge is 0.494 e. The van der Waals surface area contributed by atoms with Gasteiger partial charge >= 0.3 is 0 Å². The van der Waals surface area contributed by atoms with Crippen molar-refractivity contribution in [3.05, 3.63) is 29.6 Å². The van der Waals surface area contributed by atoms with Crippen LogP contribution in [0.5, 0.6) is 5.75 Å². The molecule has 0 saturated carbocycles. The monoisotopic (exact) mass is 199 g/mol. The normalized spacial score (nSPS) is 12.6. The molecule has 0 fully saturated rings. The molecule has 0 heterocycles. The maximum atomic E-state index is 13.0. The summed E-state index contributed by atoms with van der Waals surface area (Å²) in [6, 6.07) is 4.28. The van der Waals surface area contributed by atoms with E-state index in [1.54, 1.807) is 0 Å². The highest BCUT2D eigenvalue weighted by atomic mass is 19.1. The molecule has 1 aromatic carbocycles. The Morgan fingerprint density at radius 3 is 2.86 bits per heavy atom. The molecule has 0 radical (unpaired) electrons. The maximum Gasteiger partial charge on any atom is 0.165 e. The molecular formula is C10H14FNO2. The van der Waals surface area contributed by atoms with Gasteiger partial charge in [0.1, 0.15) is 0 Å². The molecule has 0 aromatic heterocycles. The molecule has 0 aliphatic heterocycles. The predicted molar refractivity (Wildman–Crippen MR) is 51.6 cm³/mol. The Kier molecular flexibility index (Phi) is 3.85. The molecule has 0 aliphatic carbocycles. The van der Waals surface area contributed by atoms with Crippen molar-refractivity contribution in [2.24, 2.45) is 5.73 Å². The van der Waals surface area contributed by atoms with Gasteiger partial charge in [-0.2, -0.15) is 0 Å². The second-order valence-corrected chi connectivity index (χ2v) is 2.99. The third kappa shape index (κ3) is 2.43. The average Bonchev–Trinajstić information content (AvgIpc) is 2.19. The Bertz CT molecular complexity index is 304. The van der Waals surface area contributed by atoms with Gasteiger partial charge in [0.05, 0.1) is 13.2 Å². The summed E-state index contributed by atoms with van der Waals surface area (Å²) < 4.78 is 17.8. The average molecular weight is 199 g/mol. The van der Waals surface area contributed by atoms with Gasteiger partial charge in [0.15, 0.2) is 11.6 Å². The molecule has 1 aromatic rings. The quantitative estimate of drug-likeness (QED) is 0.766. The number of methoxy groups -OCH3 is 1. The Morgan fingerprint density at radius 1 is 1.57 bits per heavy atom. The third-order valence-electron chi connectivity index (χ3n) is 2.00. The van der Waals surface area contributed by atoms with Crippen LogP contribution in [-0.2, 0) is 0 Å². The van der Waals surface area contributed by atoms with Gasteiger partial charge in [-0.1, -0.05) is 6.07 Å². The Labute approximate surface area is 82.3 Å². The summed E-state index contributed by atoms with van der Waals surface area (Å²) in [5, 5.41) is 9.57. The van der Waals surface area contributed by atoms with E-state index in [0.717, 1.165) is 0 Å². The van der Waals surface area contributed by atoms with Crippen molar-refractivity contribution in [1.29, 1.82) is 0 Å². The standard InChI is InChI=1S/C10H14FNO2/c1-14-10-6-7(2-3-8(10)11)9(13)4-5-12/h2-3,6,9,13H,4-5,12H2,1H3/t9-/m1/s1. The lowest BCUT2D eigenvalue weighted by Gasteiger charge is -2.11. The minimum atomic E-state index is -0.658. The van der Waals surface area contributed by atoms with Crippen LogP contribution in [0.25, 0.3) is 0 Å². The summed E-state index contributed by atoms with van der Waals surface area (Å²) in [5.74, 6) is -0.297. The Hall–Kier alpha value is -1.13. The number of nitrogens with two attached hydrogens (primary N) is 1. The van der Waals surface area contributed by atoms with E-state index >= 15 is 0 Å². The van der Waals surface area contributed by atoms with Gasteiger partial charge in [0, 0.05) is 0 Å². The van der Waals surface area contributed by atoms with Crippen molar-refractivity contribution in [1.82, 2.24) is 0 Å². The zero-order valence-corrected chi connectivity index (χ0v) is 8.03. The summed E-state index contributed by atoms with van der Waals surface area (Å²) in [7, 11) is 1.39. The number of aliphatic hydroxyl groups is 1. The number of benzene rings is 1. The van der Waals surface area contributed by atoms with Crippen molar-refractivity contribution >= 4 is 0 Å². The van der Waals surface area contributed by atoms with Crippen LogP contribution in [0.15, 0.2) is 18.2 Å². The smallest absolute Gasteiger partial charge is 0.165 e. The van der Waals surface area contributed by atoms with Gasteiger partial charge in [0.25, 0.3) is 0 Å². The highest BCUT2D eigenvalue weighted by Crippen LogP contribution is 2.23. The van der Waals surface area contributed by atoms with E-state index < -0.39 is 11.9 Å². The van der Waals surface area contributed by atoms with Crippen molar-refractivity contribution in [2.45, 2.75) is 12.5 Å². The van der Waals surface area contributed by atoms with Crippen molar-refractivity contribution in [3.8, 4) is 5.75 Å². The number of hydrogen-bond donors (Lipinski definition) is 2. The number of hydrogen-bond acceptors (Lipinski definition) is 3.